The summed E-state index contributed by atoms with van der Waals surface area (Å²) in [7, 11) is 1.93. The molecule has 0 radical (unpaired) electrons. The van der Waals surface area contributed by atoms with Gasteiger partial charge in [-0.3, -0.25) is 9.59 Å². The fraction of sp³-hybridized carbons (Fsp3) is 0.263. The number of anilines is 1. The lowest BCUT2D eigenvalue weighted by atomic mass is 10.2. The fourth-order valence-corrected chi connectivity index (χ4v) is 2.32. The zero-order valence-electron chi connectivity index (χ0n) is 14.5. The van der Waals surface area contributed by atoms with E-state index in [4.69, 9.17) is 0 Å². The SMILES string of the molecule is CN(CCNC(=O)CCNC(=O)c1ccc(F)cc1F)c1ccccc1. The summed E-state index contributed by atoms with van der Waals surface area (Å²) in [5.74, 6) is -2.58. The van der Waals surface area contributed by atoms with E-state index in [1.807, 2.05) is 42.3 Å². The molecule has 5 nitrogen and oxygen atoms in total. The first kappa shape index (κ1) is 19.4. The Hall–Kier alpha value is -2.96. The molecule has 0 aliphatic rings. The molecule has 0 unspecified atom stereocenters. The van der Waals surface area contributed by atoms with Crippen LogP contribution in [0.3, 0.4) is 0 Å². The number of likely N-dealkylation sites (N-methyl/N-ethyl adjacent to an activating group) is 1. The van der Waals surface area contributed by atoms with Gasteiger partial charge in [0.15, 0.2) is 0 Å². The van der Waals surface area contributed by atoms with Gasteiger partial charge in [0.1, 0.15) is 11.6 Å². The Morgan fingerprint density at radius 1 is 1.00 bits per heavy atom. The van der Waals surface area contributed by atoms with E-state index in [0.717, 1.165) is 17.8 Å². The number of nitrogens with zero attached hydrogens (tertiary/aromatic N) is 1. The number of amides is 2. The largest absolute Gasteiger partial charge is 0.373 e. The molecule has 2 amide bonds. The van der Waals surface area contributed by atoms with Crippen LogP contribution >= 0.6 is 0 Å². The molecular weight excluding hydrogens is 340 g/mol. The van der Waals surface area contributed by atoms with Gasteiger partial charge in [0.2, 0.25) is 5.91 Å². The van der Waals surface area contributed by atoms with Crippen LogP contribution in [0.25, 0.3) is 0 Å². The fourth-order valence-electron chi connectivity index (χ4n) is 2.32. The minimum atomic E-state index is -0.934. The topological polar surface area (TPSA) is 61.4 Å². The highest BCUT2D eigenvalue weighted by Gasteiger charge is 2.12. The molecule has 26 heavy (non-hydrogen) atoms. The molecule has 0 atom stereocenters. The van der Waals surface area contributed by atoms with Crippen molar-refractivity contribution in [3.05, 3.63) is 65.7 Å². The molecule has 0 saturated heterocycles. The minimum Gasteiger partial charge on any atom is -0.373 e. The summed E-state index contributed by atoms with van der Waals surface area (Å²) >= 11 is 0. The summed E-state index contributed by atoms with van der Waals surface area (Å²) in [6.45, 7) is 1.17. The molecule has 138 valence electrons. The lowest BCUT2D eigenvalue weighted by molar-refractivity contribution is -0.120. The molecule has 0 bridgehead atoms. The highest BCUT2D eigenvalue weighted by atomic mass is 19.1. The molecule has 2 N–H and O–H groups in total. The molecule has 0 heterocycles. The van der Waals surface area contributed by atoms with Crippen molar-refractivity contribution in [1.82, 2.24) is 10.6 Å². The van der Waals surface area contributed by atoms with Gasteiger partial charge in [-0.15, -0.1) is 0 Å². The molecule has 0 spiro atoms. The van der Waals surface area contributed by atoms with Gasteiger partial charge in [0, 0.05) is 44.9 Å². The number of carbonyl (C=O) groups excluding carboxylic acids is 2. The van der Waals surface area contributed by atoms with Crippen molar-refractivity contribution in [2.24, 2.45) is 0 Å². The molecule has 0 saturated carbocycles. The number of rotatable bonds is 8. The van der Waals surface area contributed by atoms with Crippen molar-refractivity contribution in [3.63, 3.8) is 0 Å². The van der Waals surface area contributed by atoms with E-state index in [-0.39, 0.29) is 24.4 Å². The Morgan fingerprint density at radius 2 is 1.73 bits per heavy atom. The molecule has 2 aromatic carbocycles. The molecule has 0 aliphatic heterocycles. The Kier molecular flexibility index (Phi) is 7.08. The van der Waals surface area contributed by atoms with Crippen LogP contribution in [0.5, 0.6) is 0 Å². The van der Waals surface area contributed by atoms with Gasteiger partial charge in [-0.2, -0.15) is 0 Å². The smallest absolute Gasteiger partial charge is 0.254 e. The summed E-state index contributed by atoms with van der Waals surface area (Å²) in [6, 6.07) is 12.5. The van der Waals surface area contributed by atoms with Crippen molar-refractivity contribution in [2.45, 2.75) is 6.42 Å². The van der Waals surface area contributed by atoms with Crippen LogP contribution in [0.15, 0.2) is 48.5 Å². The van der Waals surface area contributed by atoms with Gasteiger partial charge in [0.25, 0.3) is 5.91 Å². The van der Waals surface area contributed by atoms with E-state index in [0.29, 0.717) is 19.2 Å². The monoisotopic (exact) mass is 361 g/mol. The van der Waals surface area contributed by atoms with Gasteiger partial charge in [0.05, 0.1) is 5.56 Å². The van der Waals surface area contributed by atoms with E-state index in [2.05, 4.69) is 10.6 Å². The average molecular weight is 361 g/mol. The number of hydrogen-bond acceptors (Lipinski definition) is 3. The third-order valence-corrected chi connectivity index (χ3v) is 3.78. The lowest BCUT2D eigenvalue weighted by Gasteiger charge is -2.19. The van der Waals surface area contributed by atoms with Crippen LogP contribution in [0.1, 0.15) is 16.8 Å². The molecule has 7 heteroatoms. The first-order valence-corrected chi connectivity index (χ1v) is 8.23. The van der Waals surface area contributed by atoms with Crippen LogP contribution < -0.4 is 15.5 Å². The molecular formula is C19H21F2N3O2. The number of carbonyl (C=O) groups is 2. The zero-order valence-corrected chi connectivity index (χ0v) is 14.5. The summed E-state index contributed by atoms with van der Waals surface area (Å²) in [5.41, 5.74) is 0.798. The lowest BCUT2D eigenvalue weighted by Crippen LogP contribution is -2.35. The van der Waals surface area contributed by atoms with Crippen LogP contribution in [0, 0.1) is 11.6 Å². The highest BCUT2D eigenvalue weighted by molar-refractivity contribution is 5.94. The van der Waals surface area contributed by atoms with Crippen molar-refractivity contribution >= 4 is 17.5 Å². The maximum absolute atomic E-state index is 13.5. The Bertz CT molecular complexity index is 754. The summed E-state index contributed by atoms with van der Waals surface area (Å²) in [6.07, 6.45) is 0.0730. The predicted octanol–water partition coefficient (Wildman–Crippen LogP) is 2.34. The van der Waals surface area contributed by atoms with Crippen molar-refractivity contribution < 1.29 is 18.4 Å². The average Bonchev–Trinajstić information content (AvgIpc) is 2.62. The Labute approximate surface area is 151 Å². The van der Waals surface area contributed by atoms with E-state index in [1.165, 1.54) is 0 Å². The van der Waals surface area contributed by atoms with Crippen LogP contribution in [-0.4, -0.2) is 38.5 Å². The Morgan fingerprint density at radius 3 is 2.42 bits per heavy atom. The van der Waals surface area contributed by atoms with Crippen LogP contribution in [0.2, 0.25) is 0 Å². The molecule has 0 aliphatic carbocycles. The number of benzene rings is 2. The number of hydrogen-bond donors (Lipinski definition) is 2. The van der Waals surface area contributed by atoms with Crippen molar-refractivity contribution in [3.8, 4) is 0 Å². The summed E-state index contributed by atoms with van der Waals surface area (Å²) in [5, 5.41) is 5.20. The normalized spacial score (nSPS) is 10.3. The van der Waals surface area contributed by atoms with E-state index < -0.39 is 17.5 Å². The van der Waals surface area contributed by atoms with Crippen LogP contribution in [-0.2, 0) is 4.79 Å². The third-order valence-electron chi connectivity index (χ3n) is 3.78. The second-order valence-electron chi connectivity index (χ2n) is 5.74. The molecule has 2 rings (SSSR count). The summed E-state index contributed by atoms with van der Waals surface area (Å²) in [4.78, 5) is 25.6. The number of halogens is 2. The second-order valence-corrected chi connectivity index (χ2v) is 5.74. The first-order valence-electron chi connectivity index (χ1n) is 8.23. The predicted molar refractivity (Wildman–Crippen MR) is 96.0 cm³/mol. The third kappa shape index (κ3) is 5.84. The quantitative estimate of drug-likeness (QED) is 0.759. The number of para-hydroxylation sites is 1. The highest BCUT2D eigenvalue weighted by Crippen LogP contribution is 2.10. The van der Waals surface area contributed by atoms with E-state index >= 15 is 0 Å². The Balaban J connectivity index is 1.66. The first-order chi connectivity index (χ1) is 12.5. The van der Waals surface area contributed by atoms with Crippen molar-refractivity contribution in [1.29, 1.82) is 0 Å². The van der Waals surface area contributed by atoms with Crippen molar-refractivity contribution in [2.75, 3.05) is 31.6 Å². The minimum absolute atomic E-state index is 0.0655. The van der Waals surface area contributed by atoms with Gasteiger partial charge in [-0.1, -0.05) is 18.2 Å². The summed E-state index contributed by atoms with van der Waals surface area (Å²) < 4.78 is 26.3. The molecule has 2 aromatic rings. The van der Waals surface area contributed by atoms with Gasteiger partial charge in [-0.05, 0) is 24.3 Å². The molecule has 0 aromatic heterocycles. The maximum atomic E-state index is 13.5. The second kappa shape index (κ2) is 9.50. The van der Waals surface area contributed by atoms with Crippen LogP contribution in [0.4, 0.5) is 14.5 Å². The van der Waals surface area contributed by atoms with Gasteiger partial charge in [-0.25, -0.2) is 8.78 Å². The van der Waals surface area contributed by atoms with Gasteiger partial charge < -0.3 is 15.5 Å². The number of nitrogens with one attached hydrogen (secondary N) is 2. The zero-order chi connectivity index (χ0) is 18.9. The molecule has 0 fully saturated rings. The van der Waals surface area contributed by atoms with E-state index in [9.17, 15) is 18.4 Å². The van der Waals surface area contributed by atoms with Gasteiger partial charge >= 0.3 is 0 Å². The van der Waals surface area contributed by atoms with E-state index in [1.54, 1.807) is 0 Å². The standard InChI is InChI=1S/C19H21F2N3O2/c1-24(15-5-3-2-4-6-15)12-11-22-18(25)9-10-23-19(26)16-8-7-14(20)13-17(16)21/h2-8,13H,9-12H2,1H3,(H,22,25)(H,23,26). The maximum Gasteiger partial charge on any atom is 0.254 e.